The van der Waals surface area contributed by atoms with Crippen molar-refractivity contribution in [3.8, 4) is 0 Å². The molecule has 0 aliphatic carbocycles. The van der Waals surface area contributed by atoms with Gasteiger partial charge in [0.1, 0.15) is 0 Å². The summed E-state index contributed by atoms with van der Waals surface area (Å²) in [5.74, 6) is 0. The van der Waals surface area contributed by atoms with Gasteiger partial charge in [-0.05, 0) is 34.1 Å². The van der Waals surface area contributed by atoms with Crippen molar-refractivity contribution in [3.63, 3.8) is 0 Å². The van der Waals surface area contributed by atoms with Crippen LogP contribution >= 0.6 is 27.5 Å². The van der Waals surface area contributed by atoms with Gasteiger partial charge in [0, 0.05) is 6.20 Å². The Labute approximate surface area is 101 Å². The quantitative estimate of drug-likeness (QED) is 0.907. The van der Waals surface area contributed by atoms with Gasteiger partial charge in [0.15, 0.2) is 0 Å². The predicted molar refractivity (Wildman–Crippen MR) is 65.1 cm³/mol. The molecule has 0 aliphatic heterocycles. The molecular formula is C10H9BrClN3. The minimum absolute atomic E-state index is 0.693. The van der Waals surface area contributed by atoms with Crippen LogP contribution in [0.1, 0.15) is 5.69 Å². The number of nitrogens with zero attached hydrogens (tertiary/aromatic N) is 1. The van der Waals surface area contributed by atoms with Gasteiger partial charge in [-0.1, -0.05) is 17.7 Å². The summed E-state index contributed by atoms with van der Waals surface area (Å²) in [5.41, 5.74) is 2.00. The first-order valence-corrected chi connectivity index (χ1v) is 5.60. The highest BCUT2D eigenvalue weighted by Gasteiger charge is 2.03. The molecule has 0 saturated carbocycles. The molecule has 0 radical (unpaired) electrons. The molecule has 0 saturated heterocycles. The van der Waals surface area contributed by atoms with Crippen LogP contribution in [0.15, 0.2) is 34.9 Å². The zero-order valence-electron chi connectivity index (χ0n) is 7.80. The second-order valence-corrected chi connectivity index (χ2v) is 4.24. The van der Waals surface area contributed by atoms with Gasteiger partial charge in [-0.2, -0.15) is 5.10 Å². The summed E-state index contributed by atoms with van der Waals surface area (Å²) in [6.45, 7) is 0.693. The molecule has 0 spiro atoms. The zero-order chi connectivity index (χ0) is 10.7. The fourth-order valence-corrected chi connectivity index (χ4v) is 1.79. The van der Waals surface area contributed by atoms with Crippen molar-refractivity contribution in [1.82, 2.24) is 10.2 Å². The predicted octanol–water partition coefficient (Wildman–Crippen LogP) is 3.44. The Bertz CT molecular complexity index is 442. The first-order chi connectivity index (χ1) is 7.27. The third-order valence-corrected chi connectivity index (χ3v) is 3.38. The minimum atomic E-state index is 0.693. The van der Waals surface area contributed by atoms with Crippen molar-refractivity contribution < 1.29 is 0 Å². The van der Waals surface area contributed by atoms with Crippen molar-refractivity contribution in [2.24, 2.45) is 0 Å². The number of rotatable bonds is 3. The molecule has 0 amide bonds. The average molecular weight is 287 g/mol. The highest BCUT2D eigenvalue weighted by molar-refractivity contribution is 9.10. The molecule has 0 fully saturated rings. The molecule has 1 aromatic carbocycles. The molecule has 2 rings (SSSR count). The number of nitrogens with one attached hydrogen (secondary N) is 2. The Morgan fingerprint density at radius 1 is 1.40 bits per heavy atom. The van der Waals surface area contributed by atoms with E-state index in [1.54, 1.807) is 6.20 Å². The zero-order valence-corrected chi connectivity index (χ0v) is 10.1. The number of halogens is 2. The van der Waals surface area contributed by atoms with Gasteiger partial charge >= 0.3 is 0 Å². The lowest BCUT2D eigenvalue weighted by molar-refractivity contribution is 0.981. The normalized spacial score (nSPS) is 10.3. The van der Waals surface area contributed by atoms with E-state index in [9.17, 15) is 0 Å². The van der Waals surface area contributed by atoms with E-state index < -0.39 is 0 Å². The van der Waals surface area contributed by atoms with Gasteiger partial charge < -0.3 is 5.32 Å². The fraction of sp³-hybridized carbons (Fsp3) is 0.100. The first-order valence-electron chi connectivity index (χ1n) is 4.43. The Hall–Kier alpha value is -1.00. The lowest BCUT2D eigenvalue weighted by atomic mass is 10.3. The number of anilines is 1. The molecule has 0 bridgehead atoms. The maximum Gasteiger partial charge on any atom is 0.0593 e. The second kappa shape index (κ2) is 4.68. The molecule has 15 heavy (non-hydrogen) atoms. The van der Waals surface area contributed by atoms with Crippen LogP contribution in [0.2, 0.25) is 5.02 Å². The highest BCUT2D eigenvalue weighted by Crippen LogP contribution is 2.30. The van der Waals surface area contributed by atoms with E-state index in [0.717, 1.165) is 15.9 Å². The van der Waals surface area contributed by atoms with E-state index in [-0.39, 0.29) is 0 Å². The highest BCUT2D eigenvalue weighted by atomic mass is 79.9. The standard InChI is InChI=1S/C10H9BrClN3/c11-10-8(12)2-1-3-9(10)13-6-7-4-5-14-15-7/h1-5,13H,6H2,(H,14,15). The van der Waals surface area contributed by atoms with Crippen LogP contribution in [0.25, 0.3) is 0 Å². The number of hydrogen-bond donors (Lipinski definition) is 2. The third-order valence-electron chi connectivity index (χ3n) is 1.98. The Balaban J connectivity index is 2.08. The van der Waals surface area contributed by atoms with Crippen LogP contribution in [0.3, 0.4) is 0 Å². The Morgan fingerprint density at radius 3 is 3.00 bits per heavy atom. The average Bonchev–Trinajstić information content (AvgIpc) is 2.73. The summed E-state index contributed by atoms with van der Waals surface area (Å²) in [6.07, 6.45) is 1.73. The van der Waals surface area contributed by atoms with Gasteiger partial charge in [0.25, 0.3) is 0 Å². The Morgan fingerprint density at radius 2 is 2.27 bits per heavy atom. The van der Waals surface area contributed by atoms with Crippen molar-refractivity contribution in [2.75, 3.05) is 5.32 Å². The van der Waals surface area contributed by atoms with Crippen LogP contribution in [0.4, 0.5) is 5.69 Å². The van der Waals surface area contributed by atoms with E-state index in [1.165, 1.54) is 0 Å². The lowest BCUT2D eigenvalue weighted by Crippen LogP contribution is -2.00. The molecule has 0 aliphatic rings. The van der Waals surface area contributed by atoms with Gasteiger partial charge in [-0.15, -0.1) is 0 Å². The second-order valence-electron chi connectivity index (χ2n) is 3.04. The summed E-state index contributed by atoms with van der Waals surface area (Å²) >= 11 is 9.39. The number of benzene rings is 1. The molecule has 0 atom stereocenters. The number of hydrogen-bond acceptors (Lipinski definition) is 2. The maximum absolute atomic E-state index is 5.97. The van der Waals surface area contributed by atoms with Crippen molar-refractivity contribution in [1.29, 1.82) is 0 Å². The molecule has 3 nitrogen and oxygen atoms in total. The number of aromatic amines is 1. The summed E-state index contributed by atoms with van der Waals surface area (Å²) in [7, 11) is 0. The van der Waals surface area contributed by atoms with E-state index >= 15 is 0 Å². The van der Waals surface area contributed by atoms with Gasteiger partial charge in [-0.25, -0.2) is 0 Å². The minimum Gasteiger partial charge on any atom is -0.378 e. The molecule has 1 aromatic heterocycles. The topological polar surface area (TPSA) is 40.7 Å². The summed E-state index contributed by atoms with van der Waals surface area (Å²) < 4.78 is 0.881. The van der Waals surface area contributed by atoms with E-state index in [0.29, 0.717) is 11.6 Å². The van der Waals surface area contributed by atoms with Gasteiger partial charge in [-0.3, -0.25) is 5.10 Å². The molecule has 2 aromatic rings. The summed E-state index contributed by atoms with van der Waals surface area (Å²) in [6, 6.07) is 7.63. The lowest BCUT2D eigenvalue weighted by Gasteiger charge is -2.07. The molecule has 5 heteroatoms. The van der Waals surface area contributed by atoms with E-state index in [2.05, 4.69) is 31.4 Å². The van der Waals surface area contributed by atoms with Crippen LogP contribution < -0.4 is 5.32 Å². The monoisotopic (exact) mass is 285 g/mol. The smallest absolute Gasteiger partial charge is 0.0593 e. The van der Waals surface area contributed by atoms with Crippen LogP contribution in [-0.2, 0) is 6.54 Å². The van der Waals surface area contributed by atoms with Gasteiger partial charge in [0.05, 0.1) is 27.4 Å². The van der Waals surface area contributed by atoms with Crippen molar-refractivity contribution in [2.45, 2.75) is 6.54 Å². The molecular weight excluding hydrogens is 277 g/mol. The molecule has 0 unspecified atom stereocenters. The van der Waals surface area contributed by atoms with Gasteiger partial charge in [0.2, 0.25) is 0 Å². The van der Waals surface area contributed by atoms with Crippen LogP contribution in [0, 0.1) is 0 Å². The van der Waals surface area contributed by atoms with Crippen molar-refractivity contribution in [3.05, 3.63) is 45.7 Å². The van der Waals surface area contributed by atoms with Crippen molar-refractivity contribution >= 4 is 33.2 Å². The number of H-pyrrole nitrogens is 1. The van der Waals surface area contributed by atoms with Crippen LogP contribution in [-0.4, -0.2) is 10.2 Å². The number of aromatic nitrogens is 2. The fourth-order valence-electron chi connectivity index (χ4n) is 1.21. The summed E-state index contributed by atoms with van der Waals surface area (Å²) in [5, 5.41) is 10.7. The molecule has 1 heterocycles. The van der Waals surface area contributed by atoms with E-state index in [1.807, 2.05) is 24.3 Å². The third kappa shape index (κ3) is 2.52. The molecule has 78 valence electrons. The summed E-state index contributed by atoms with van der Waals surface area (Å²) in [4.78, 5) is 0. The Kier molecular flexibility index (Phi) is 3.28. The SMILES string of the molecule is Clc1cccc(NCc2ccn[nH]2)c1Br. The van der Waals surface area contributed by atoms with Crippen LogP contribution in [0.5, 0.6) is 0 Å². The molecule has 2 N–H and O–H groups in total. The van der Waals surface area contributed by atoms with E-state index in [4.69, 9.17) is 11.6 Å². The largest absolute Gasteiger partial charge is 0.378 e. The maximum atomic E-state index is 5.97. The first kappa shape index (κ1) is 10.5.